The van der Waals surface area contributed by atoms with Gasteiger partial charge in [-0.05, 0) is 12.1 Å². The second-order valence-corrected chi connectivity index (χ2v) is 2.71. The summed E-state index contributed by atoms with van der Waals surface area (Å²) >= 11 is 0. The molecule has 0 aliphatic carbocycles. The number of carbonyl (C=O) groups is 2. The van der Waals surface area contributed by atoms with Crippen molar-refractivity contribution in [2.24, 2.45) is 7.05 Å². The topological polar surface area (TPSA) is 48.3 Å². The molecule has 0 saturated carbocycles. The number of aromatic nitrogens is 1. The molecule has 0 aromatic carbocycles. The van der Waals surface area contributed by atoms with Crippen molar-refractivity contribution in [1.82, 2.24) is 4.57 Å². The molecule has 1 rings (SSSR count). The fourth-order valence-electron chi connectivity index (χ4n) is 1.01. The Kier molecular flexibility index (Phi) is 2.84. The predicted octanol–water partition coefficient (Wildman–Crippen LogP) is 0.901. The molecule has 0 spiro atoms. The lowest BCUT2D eigenvalue weighted by Gasteiger charge is -2.04. The number of nitrogens with zero attached hydrogens (tertiary/aromatic N) is 1. The zero-order chi connectivity index (χ0) is 9.84. The molecule has 0 unspecified atom stereocenters. The Morgan fingerprint density at radius 1 is 1.62 bits per heavy atom. The Balaban J connectivity index is 2.72. The Labute approximate surface area is 76.1 Å². The first-order chi connectivity index (χ1) is 6.15. The molecule has 70 valence electrons. The average Bonchev–Trinajstić information content (AvgIpc) is 2.43. The van der Waals surface area contributed by atoms with Gasteiger partial charge in [0.2, 0.25) is 0 Å². The van der Waals surface area contributed by atoms with Gasteiger partial charge in [-0.15, -0.1) is 0 Å². The molecule has 0 saturated heterocycles. The highest BCUT2D eigenvalue weighted by molar-refractivity contribution is 5.72. The Morgan fingerprint density at radius 3 is 2.77 bits per heavy atom. The molecule has 0 aliphatic rings. The molecular weight excluding hydrogens is 170 g/mol. The van der Waals surface area contributed by atoms with Crippen LogP contribution < -0.4 is 0 Å². The number of hydrogen-bond acceptors (Lipinski definition) is 3. The van der Waals surface area contributed by atoms with Gasteiger partial charge in [0.15, 0.2) is 6.29 Å². The van der Waals surface area contributed by atoms with E-state index in [1.54, 1.807) is 23.7 Å². The van der Waals surface area contributed by atoms with Gasteiger partial charge in [0.1, 0.15) is 6.61 Å². The molecule has 4 nitrogen and oxygen atoms in total. The molecule has 0 radical (unpaired) electrons. The van der Waals surface area contributed by atoms with Crippen molar-refractivity contribution in [3.05, 3.63) is 23.5 Å². The molecule has 0 bridgehead atoms. The monoisotopic (exact) mass is 181 g/mol. The van der Waals surface area contributed by atoms with Crippen LogP contribution in [0.2, 0.25) is 0 Å². The van der Waals surface area contributed by atoms with Crippen molar-refractivity contribution >= 4 is 12.3 Å². The zero-order valence-corrected chi connectivity index (χ0v) is 7.61. The second kappa shape index (κ2) is 3.89. The highest BCUT2D eigenvalue weighted by Gasteiger charge is 2.04. The lowest BCUT2D eigenvalue weighted by atomic mass is 10.4. The van der Waals surface area contributed by atoms with Gasteiger partial charge in [-0.1, -0.05) is 0 Å². The number of esters is 1. The maximum atomic E-state index is 10.5. The zero-order valence-electron chi connectivity index (χ0n) is 7.61. The Bertz CT molecular complexity index is 328. The third kappa shape index (κ3) is 2.18. The first-order valence-corrected chi connectivity index (χ1v) is 3.88. The third-order valence-corrected chi connectivity index (χ3v) is 1.81. The van der Waals surface area contributed by atoms with Gasteiger partial charge in [-0.3, -0.25) is 9.59 Å². The fourth-order valence-corrected chi connectivity index (χ4v) is 1.01. The van der Waals surface area contributed by atoms with Crippen molar-refractivity contribution in [1.29, 1.82) is 0 Å². The summed E-state index contributed by atoms with van der Waals surface area (Å²) in [5.74, 6) is -0.325. The van der Waals surface area contributed by atoms with E-state index in [9.17, 15) is 9.59 Å². The maximum Gasteiger partial charge on any atom is 0.303 e. The van der Waals surface area contributed by atoms with E-state index < -0.39 is 0 Å². The Hall–Kier alpha value is -1.58. The molecule has 1 aromatic heterocycles. The van der Waals surface area contributed by atoms with Crippen LogP contribution in [0.1, 0.15) is 23.1 Å². The van der Waals surface area contributed by atoms with Gasteiger partial charge in [0.25, 0.3) is 0 Å². The van der Waals surface area contributed by atoms with Gasteiger partial charge < -0.3 is 9.30 Å². The second-order valence-electron chi connectivity index (χ2n) is 2.71. The van der Waals surface area contributed by atoms with Crippen LogP contribution in [0.4, 0.5) is 0 Å². The summed E-state index contributed by atoms with van der Waals surface area (Å²) < 4.78 is 6.48. The van der Waals surface area contributed by atoms with Crippen molar-refractivity contribution < 1.29 is 14.3 Å². The average molecular weight is 181 g/mol. The summed E-state index contributed by atoms with van der Waals surface area (Å²) in [6, 6.07) is 3.44. The number of carbonyl (C=O) groups excluding carboxylic acids is 2. The predicted molar refractivity (Wildman–Crippen MR) is 46.3 cm³/mol. The maximum absolute atomic E-state index is 10.5. The summed E-state index contributed by atoms with van der Waals surface area (Å²) in [5, 5.41) is 0. The van der Waals surface area contributed by atoms with Gasteiger partial charge in [0, 0.05) is 14.0 Å². The van der Waals surface area contributed by atoms with Gasteiger partial charge >= 0.3 is 5.97 Å². The van der Waals surface area contributed by atoms with Crippen LogP contribution in [0.3, 0.4) is 0 Å². The molecule has 0 atom stereocenters. The van der Waals surface area contributed by atoms with Crippen LogP contribution in [-0.4, -0.2) is 16.8 Å². The molecule has 13 heavy (non-hydrogen) atoms. The summed E-state index contributed by atoms with van der Waals surface area (Å²) in [5.41, 5.74) is 1.37. The minimum absolute atomic E-state index is 0.208. The van der Waals surface area contributed by atoms with Crippen LogP contribution in [0.5, 0.6) is 0 Å². The Morgan fingerprint density at radius 2 is 2.31 bits per heavy atom. The molecule has 0 fully saturated rings. The summed E-state index contributed by atoms with van der Waals surface area (Å²) in [7, 11) is 1.75. The first-order valence-electron chi connectivity index (χ1n) is 3.88. The van der Waals surface area contributed by atoms with Crippen LogP contribution in [0, 0.1) is 0 Å². The standard InChI is InChI=1S/C9H11NO3/c1-7(12)13-6-9-4-3-8(5-11)10(9)2/h3-5H,6H2,1-2H3. The largest absolute Gasteiger partial charge is 0.459 e. The lowest BCUT2D eigenvalue weighted by Crippen LogP contribution is -2.05. The van der Waals surface area contributed by atoms with Gasteiger partial charge in [0.05, 0.1) is 11.4 Å². The highest BCUT2D eigenvalue weighted by Crippen LogP contribution is 2.06. The minimum atomic E-state index is -0.325. The van der Waals surface area contributed by atoms with Gasteiger partial charge in [-0.2, -0.15) is 0 Å². The lowest BCUT2D eigenvalue weighted by molar-refractivity contribution is -0.142. The van der Waals surface area contributed by atoms with E-state index in [0.29, 0.717) is 5.69 Å². The number of rotatable bonds is 3. The number of aldehydes is 1. The molecular formula is C9H11NO3. The summed E-state index contributed by atoms with van der Waals surface area (Å²) in [4.78, 5) is 21.0. The molecule has 1 aromatic rings. The van der Waals surface area contributed by atoms with E-state index in [2.05, 4.69) is 0 Å². The van der Waals surface area contributed by atoms with Crippen molar-refractivity contribution in [2.75, 3.05) is 0 Å². The van der Waals surface area contributed by atoms with Crippen molar-refractivity contribution in [2.45, 2.75) is 13.5 Å². The normalized spacial score (nSPS) is 9.69. The molecule has 4 heteroatoms. The number of ether oxygens (including phenoxy) is 1. The van der Waals surface area contributed by atoms with Crippen LogP contribution in [-0.2, 0) is 23.2 Å². The van der Waals surface area contributed by atoms with E-state index >= 15 is 0 Å². The van der Waals surface area contributed by atoms with E-state index in [-0.39, 0.29) is 12.6 Å². The van der Waals surface area contributed by atoms with E-state index in [4.69, 9.17) is 4.74 Å². The molecule has 0 N–H and O–H groups in total. The van der Waals surface area contributed by atoms with E-state index in [0.717, 1.165) is 12.0 Å². The first kappa shape index (κ1) is 9.51. The van der Waals surface area contributed by atoms with Crippen LogP contribution in [0.25, 0.3) is 0 Å². The minimum Gasteiger partial charge on any atom is -0.459 e. The van der Waals surface area contributed by atoms with Gasteiger partial charge in [-0.25, -0.2) is 0 Å². The number of hydrogen-bond donors (Lipinski definition) is 0. The molecule has 0 aliphatic heterocycles. The molecule has 0 amide bonds. The van der Waals surface area contributed by atoms with Crippen LogP contribution in [0.15, 0.2) is 12.1 Å². The quantitative estimate of drug-likeness (QED) is 0.514. The van der Waals surface area contributed by atoms with Crippen LogP contribution >= 0.6 is 0 Å². The van der Waals surface area contributed by atoms with Crippen molar-refractivity contribution in [3.8, 4) is 0 Å². The van der Waals surface area contributed by atoms with E-state index in [1.807, 2.05) is 0 Å². The fraction of sp³-hybridized carbons (Fsp3) is 0.333. The van der Waals surface area contributed by atoms with Crippen molar-refractivity contribution in [3.63, 3.8) is 0 Å². The smallest absolute Gasteiger partial charge is 0.303 e. The highest BCUT2D eigenvalue weighted by atomic mass is 16.5. The van der Waals surface area contributed by atoms with E-state index in [1.165, 1.54) is 6.92 Å². The SMILES string of the molecule is CC(=O)OCc1ccc(C=O)n1C. The molecule has 1 heterocycles. The summed E-state index contributed by atoms with van der Waals surface area (Å²) in [6.45, 7) is 1.56. The third-order valence-electron chi connectivity index (χ3n) is 1.81. The summed E-state index contributed by atoms with van der Waals surface area (Å²) in [6.07, 6.45) is 0.761.